The molecule has 2 aliphatic rings. The van der Waals surface area contributed by atoms with Gasteiger partial charge in [-0.15, -0.1) is 0 Å². The fourth-order valence-corrected chi connectivity index (χ4v) is 5.18. The van der Waals surface area contributed by atoms with Crippen LogP contribution in [0.3, 0.4) is 0 Å². The Balaban J connectivity index is 1.16. The predicted molar refractivity (Wildman–Crippen MR) is 118 cm³/mol. The van der Waals surface area contributed by atoms with Gasteiger partial charge in [0.2, 0.25) is 0 Å². The Morgan fingerprint density at radius 2 is 2.00 bits per heavy atom. The first-order valence-corrected chi connectivity index (χ1v) is 11.2. The number of anilines is 1. The first-order chi connectivity index (χ1) is 14.2. The Kier molecular flexibility index (Phi) is 5.08. The predicted octanol–water partition coefficient (Wildman–Crippen LogP) is 4.65. The second-order valence-electron chi connectivity index (χ2n) is 8.84. The number of fused-ring (bicyclic) bond motifs is 2. The summed E-state index contributed by atoms with van der Waals surface area (Å²) in [6.45, 7) is 6.57. The lowest BCUT2D eigenvalue weighted by Crippen LogP contribution is -2.36. The fraction of sp³-hybridized carbons (Fsp3) is 0.542. The van der Waals surface area contributed by atoms with Crippen molar-refractivity contribution in [3.05, 3.63) is 46.8 Å². The summed E-state index contributed by atoms with van der Waals surface area (Å²) in [7, 11) is 2.07. The van der Waals surface area contributed by atoms with Crippen molar-refractivity contribution < 1.29 is 4.42 Å². The molecule has 1 aliphatic carbocycles. The zero-order valence-corrected chi connectivity index (χ0v) is 17.7. The van der Waals surface area contributed by atoms with Crippen molar-refractivity contribution in [2.24, 2.45) is 7.05 Å². The van der Waals surface area contributed by atoms with Crippen molar-refractivity contribution in [2.45, 2.75) is 51.4 Å². The van der Waals surface area contributed by atoms with Crippen LogP contribution in [0.25, 0.3) is 11.0 Å². The Labute approximate surface area is 173 Å². The smallest absolute Gasteiger partial charge is 0.134 e. The van der Waals surface area contributed by atoms with Gasteiger partial charge in [-0.3, -0.25) is 4.68 Å². The van der Waals surface area contributed by atoms with Crippen LogP contribution in [0.2, 0.25) is 0 Å². The van der Waals surface area contributed by atoms with Gasteiger partial charge < -0.3 is 14.6 Å². The summed E-state index contributed by atoms with van der Waals surface area (Å²) >= 11 is 0. The number of hydrogen-bond donors (Lipinski definition) is 1. The zero-order valence-electron chi connectivity index (χ0n) is 17.7. The average molecular weight is 393 g/mol. The van der Waals surface area contributed by atoms with Crippen LogP contribution >= 0.6 is 0 Å². The van der Waals surface area contributed by atoms with Gasteiger partial charge >= 0.3 is 0 Å². The molecular weight excluding hydrogens is 360 g/mol. The normalized spacial score (nSPS) is 18.3. The fourth-order valence-electron chi connectivity index (χ4n) is 5.18. The first-order valence-electron chi connectivity index (χ1n) is 11.2. The minimum atomic E-state index is 0.617. The molecule has 1 N–H and O–H groups in total. The quantitative estimate of drug-likeness (QED) is 0.687. The van der Waals surface area contributed by atoms with E-state index in [1.807, 2.05) is 10.9 Å². The molecule has 1 fully saturated rings. The Bertz CT molecular complexity index is 994. The molecule has 1 saturated heterocycles. The second kappa shape index (κ2) is 7.86. The maximum atomic E-state index is 5.82. The largest absolute Gasteiger partial charge is 0.464 e. The number of hydrogen-bond acceptors (Lipinski definition) is 4. The monoisotopic (exact) mass is 392 g/mol. The highest BCUT2D eigenvalue weighted by atomic mass is 16.3. The van der Waals surface area contributed by atoms with Crippen LogP contribution in [-0.2, 0) is 19.9 Å². The molecule has 0 radical (unpaired) electrons. The van der Waals surface area contributed by atoms with Crippen LogP contribution in [-0.4, -0.2) is 40.9 Å². The van der Waals surface area contributed by atoms with E-state index in [0.717, 1.165) is 38.2 Å². The molecule has 1 aliphatic heterocycles. The van der Waals surface area contributed by atoms with Crippen LogP contribution < -0.4 is 5.32 Å². The lowest BCUT2D eigenvalue weighted by Gasteiger charge is -2.31. The van der Waals surface area contributed by atoms with Crippen molar-refractivity contribution in [3.63, 3.8) is 0 Å². The molecule has 5 nitrogen and oxygen atoms in total. The summed E-state index contributed by atoms with van der Waals surface area (Å²) < 4.78 is 7.86. The molecule has 3 aromatic rings. The van der Waals surface area contributed by atoms with Crippen LogP contribution in [0.4, 0.5) is 5.82 Å². The average Bonchev–Trinajstić information content (AvgIpc) is 3.29. The number of aryl methyl sites for hydroxylation is 3. The third-order valence-electron chi connectivity index (χ3n) is 6.83. The number of aromatic nitrogens is 2. The van der Waals surface area contributed by atoms with Crippen LogP contribution in [0.15, 0.2) is 28.9 Å². The third kappa shape index (κ3) is 3.68. The molecular formula is C24H32N4O. The van der Waals surface area contributed by atoms with Gasteiger partial charge in [0.15, 0.2) is 0 Å². The van der Waals surface area contributed by atoms with Gasteiger partial charge in [-0.2, -0.15) is 5.10 Å². The van der Waals surface area contributed by atoms with Crippen molar-refractivity contribution in [1.29, 1.82) is 0 Å². The first kappa shape index (κ1) is 18.7. The van der Waals surface area contributed by atoms with Gasteiger partial charge in [0.1, 0.15) is 11.4 Å². The van der Waals surface area contributed by atoms with E-state index in [-0.39, 0.29) is 0 Å². The van der Waals surface area contributed by atoms with Gasteiger partial charge in [0.25, 0.3) is 0 Å². The van der Waals surface area contributed by atoms with Gasteiger partial charge in [-0.25, -0.2) is 0 Å². The summed E-state index contributed by atoms with van der Waals surface area (Å²) in [6, 6.07) is 6.51. The van der Waals surface area contributed by atoms with Crippen molar-refractivity contribution in [2.75, 3.05) is 31.5 Å². The number of likely N-dealkylation sites (tertiary alicyclic amines) is 1. The molecule has 5 heteroatoms. The number of rotatable bonds is 5. The van der Waals surface area contributed by atoms with Gasteiger partial charge in [-0.05, 0) is 76.6 Å². The second-order valence-corrected chi connectivity index (χ2v) is 8.84. The van der Waals surface area contributed by atoms with E-state index in [9.17, 15) is 0 Å². The Morgan fingerprint density at radius 1 is 1.17 bits per heavy atom. The summed E-state index contributed by atoms with van der Waals surface area (Å²) in [5.41, 5.74) is 6.50. The van der Waals surface area contributed by atoms with E-state index in [4.69, 9.17) is 9.52 Å². The molecule has 2 aromatic heterocycles. The van der Waals surface area contributed by atoms with E-state index in [2.05, 4.69) is 42.4 Å². The van der Waals surface area contributed by atoms with Crippen molar-refractivity contribution in [3.8, 4) is 0 Å². The molecule has 0 spiro atoms. The molecule has 5 rings (SSSR count). The Hall–Kier alpha value is -2.27. The van der Waals surface area contributed by atoms with Crippen molar-refractivity contribution in [1.82, 2.24) is 14.7 Å². The zero-order chi connectivity index (χ0) is 19.8. The SMILES string of the molecule is Cc1ccc2occ(C3CCN(CCNc4c5c(nn4C)CCCC5)CC3)c2c1. The number of piperidine rings is 1. The highest BCUT2D eigenvalue weighted by Crippen LogP contribution is 2.35. The van der Waals surface area contributed by atoms with E-state index in [1.165, 1.54) is 65.7 Å². The molecule has 0 bridgehead atoms. The lowest BCUT2D eigenvalue weighted by atomic mass is 9.89. The minimum Gasteiger partial charge on any atom is -0.464 e. The number of nitrogens with zero attached hydrogens (tertiary/aromatic N) is 3. The maximum absolute atomic E-state index is 5.82. The van der Waals surface area contributed by atoms with Crippen LogP contribution in [0.1, 0.15) is 54.0 Å². The molecule has 3 heterocycles. The summed E-state index contributed by atoms with van der Waals surface area (Å²) in [6.07, 6.45) is 9.31. The van der Waals surface area contributed by atoms with Gasteiger partial charge in [0, 0.05) is 36.7 Å². The van der Waals surface area contributed by atoms with Crippen LogP contribution in [0, 0.1) is 6.92 Å². The lowest BCUT2D eigenvalue weighted by molar-refractivity contribution is 0.219. The van der Waals surface area contributed by atoms with E-state index in [0.29, 0.717) is 5.92 Å². The van der Waals surface area contributed by atoms with Gasteiger partial charge in [-0.1, -0.05) is 11.6 Å². The van der Waals surface area contributed by atoms with E-state index in [1.54, 1.807) is 0 Å². The van der Waals surface area contributed by atoms with E-state index >= 15 is 0 Å². The summed E-state index contributed by atoms with van der Waals surface area (Å²) in [5.74, 6) is 1.86. The van der Waals surface area contributed by atoms with Crippen LogP contribution in [0.5, 0.6) is 0 Å². The number of nitrogens with one attached hydrogen (secondary N) is 1. The topological polar surface area (TPSA) is 46.2 Å². The Morgan fingerprint density at radius 3 is 2.86 bits per heavy atom. The van der Waals surface area contributed by atoms with E-state index < -0.39 is 0 Å². The third-order valence-corrected chi connectivity index (χ3v) is 6.83. The highest BCUT2D eigenvalue weighted by Gasteiger charge is 2.24. The number of furan rings is 1. The molecule has 0 atom stereocenters. The number of benzene rings is 1. The van der Waals surface area contributed by atoms with Crippen molar-refractivity contribution >= 4 is 16.8 Å². The summed E-state index contributed by atoms with van der Waals surface area (Å²) in [4.78, 5) is 2.60. The summed E-state index contributed by atoms with van der Waals surface area (Å²) in [5, 5.41) is 9.71. The molecule has 154 valence electrons. The minimum absolute atomic E-state index is 0.617. The molecule has 29 heavy (non-hydrogen) atoms. The highest BCUT2D eigenvalue weighted by molar-refractivity contribution is 5.82. The van der Waals surface area contributed by atoms with Gasteiger partial charge in [0.05, 0.1) is 12.0 Å². The molecule has 0 amide bonds. The maximum Gasteiger partial charge on any atom is 0.134 e. The molecule has 0 saturated carbocycles. The standard InChI is InChI=1S/C24H32N4O/c1-17-7-8-23-20(15-17)21(16-29-23)18-9-12-28(13-10-18)14-11-25-24-19-5-3-4-6-22(19)26-27(24)2/h7-8,15-16,18,25H,3-6,9-14H2,1-2H3. The molecule has 1 aromatic carbocycles. The molecule has 0 unspecified atom stereocenters.